The van der Waals surface area contributed by atoms with Crippen LogP contribution >= 0.6 is 0 Å². The molecule has 0 radical (unpaired) electrons. The van der Waals surface area contributed by atoms with E-state index in [1.807, 2.05) is 56.4 Å². The molecule has 0 saturated carbocycles. The number of aromatic nitrogens is 2. The van der Waals surface area contributed by atoms with Crippen LogP contribution in [0.25, 0.3) is 10.9 Å². The average Bonchev–Trinajstić information content (AvgIpc) is 3.10. The van der Waals surface area contributed by atoms with Gasteiger partial charge >= 0.3 is 0 Å². The highest BCUT2D eigenvalue weighted by Gasteiger charge is 2.41. The number of rotatable bonds is 9. The van der Waals surface area contributed by atoms with E-state index in [4.69, 9.17) is 0 Å². The lowest BCUT2D eigenvalue weighted by atomic mass is 9.96. The van der Waals surface area contributed by atoms with E-state index < -0.39 is 6.10 Å². The first-order valence-electron chi connectivity index (χ1n) is 13.4. The standard InChI is InChI=1S/C29H37N5O3/c1-19(2)34-27-8-4-3-7-21(27)12-26(29(34)37)28(36)32-22-13-23-9-10-24(14-22)33(23)18-25(35)17-31-16-20-6-5-11-30-15-20/h3-8,11-12,15,19,22-25,31,35H,9-10,13-14,16-18H2,1-2H3,(H,32,36). The smallest absolute Gasteiger partial charge is 0.264 e. The number of nitrogens with zero attached hydrogens (tertiary/aromatic N) is 3. The molecular formula is C29H37N5O3. The number of amides is 1. The summed E-state index contributed by atoms with van der Waals surface area (Å²) in [6.07, 6.45) is 6.94. The second-order valence-corrected chi connectivity index (χ2v) is 10.8. The number of pyridine rings is 2. The second kappa shape index (κ2) is 11.1. The Kier molecular flexibility index (Phi) is 7.69. The Morgan fingerprint density at radius 1 is 1.14 bits per heavy atom. The maximum Gasteiger partial charge on any atom is 0.264 e. The molecule has 3 atom stereocenters. The van der Waals surface area contributed by atoms with Gasteiger partial charge in [-0.15, -0.1) is 0 Å². The van der Waals surface area contributed by atoms with E-state index >= 15 is 0 Å². The van der Waals surface area contributed by atoms with Crippen molar-refractivity contribution in [3.05, 3.63) is 76.3 Å². The number of nitrogens with one attached hydrogen (secondary N) is 2. The van der Waals surface area contributed by atoms with Gasteiger partial charge in [0.2, 0.25) is 0 Å². The van der Waals surface area contributed by atoms with Gasteiger partial charge in [-0.05, 0) is 68.7 Å². The van der Waals surface area contributed by atoms with E-state index in [1.54, 1.807) is 16.8 Å². The summed E-state index contributed by atoms with van der Waals surface area (Å²) >= 11 is 0. The van der Waals surface area contributed by atoms with Gasteiger partial charge in [0.1, 0.15) is 5.56 Å². The van der Waals surface area contributed by atoms with E-state index in [9.17, 15) is 14.7 Å². The van der Waals surface area contributed by atoms with Gasteiger partial charge in [0.05, 0.1) is 11.6 Å². The van der Waals surface area contributed by atoms with E-state index in [2.05, 4.69) is 20.5 Å². The van der Waals surface area contributed by atoms with Crippen LogP contribution in [0.5, 0.6) is 0 Å². The van der Waals surface area contributed by atoms with Crippen molar-refractivity contribution in [2.75, 3.05) is 13.1 Å². The fourth-order valence-electron chi connectivity index (χ4n) is 6.11. The Bertz CT molecular complexity index is 1280. The number of aliphatic hydroxyl groups excluding tert-OH is 1. The molecule has 4 heterocycles. The summed E-state index contributed by atoms with van der Waals surface area (Å²) in [5.74, 6) is -0.289. The van der Waals surface area contributed by atoms with Crippen LogP contribution in [0, 0.1) is 0 Å². The minimum Gasteiger partial charge on any atom is -0.390 e. The van der Waals surface area contributed by atoms with Gasteiger partial charge in [0.15, 0.2) is 0 Å². The molecule has 2 aliphatic heterocycles. The maximum absolute atomic E-state index is 13.3. The summed E-state index contributed by atoms with van der Waals surface area (Å²) in [5.41, 5.74) is 1.91. The molecule has 0 aliphatic carbocycles. The number of hydrogen-bond acceptors (Lipinski definition) is 6. The number of para-hydroxylation sites is 1. The molecule has 1 aromatic carbocycles. The first kappa shape index (κ1) is 25.6. The molecule has 2 fully saturated rings. The van der Waals surface area contributed by atoms with Crippen molar-refractivity contribution in [2.24, 2.45) is 0 Å². The van der Waals surface area contributed by atoms with Gasteiger partial charge in [-0.2, -0.15) is 0 Å². The molecule has 2 aromatic heterocycles. The molecule has 8 heteroatoms. The minimum absolute atomic E-state index is 0.0282. The summed E-state index contributed by atoms with van der Waals surface area (Å²) in [6, 6.07) is 14.0. The van der Waals surface area contributed by atoms with Crippen LogP contribution in [-0.2, 0) is 6.54 Å². The van der Waals surface area contributed by atoms with E-state index in [0.717, 1.165) is 42.1 Å². The van der Waals surface area contributed by atoms with Crippen molar-refractivity contribution >= 4 is 16.8 Å². The zero-order valence-electron chi connectivity index (χ0n) is 21.6. The molecule has 1 amide bonds. The first-order chi connectivity index (χ1) is 17.9. The number of fused-ring (bicyclic) bond motifs is 3. The van der Waals surface area contributed by atoms with Crippen LogP contribution in [-0.4, -0.2) is 62.8 Å². The van der Waals surface area contributed by atoms with Gasteiger partial charge in [0, 0.05) is 56.2 Å². The third-order valence-electron chi connectivity index (χ3n) is 7.78. The molecule has 5 rings (SSSR count). The van der Waals surface area contributed by atoms with E-state index in [1.165, 1.54) is 0 Å². The van der Waals surface area contributed by atoms with Crippen molar-refractivity contribution in [1.82, 2.24) is 25.1 Å². The van der Waals surface area contributed by atoms with Crippen molar-refractivity contribution in [1.29, 1.82) is 0 Å². The molecule has 0 spiro atoms. The van der Waals surface area contributed by atoms with Gasteiger partial charge in [-0.1, -0.05) is 24.3 Å². The SMILES string of the molecule is CC(C)n1c(=O)c(C(=O)NC2CC3CCC(C2)N3CC(O)CNCc2cccnc2)cc2ccccc21. The van der Waals surface area contributed by atoms with Crippen molar-refractivity contribution in [2.45, 2.75) is 76.3 Å². The summed E-state index contributed by atoms with van der Waals surface area (Å²) in [5, 5.41) is 18.0. The van der Waals surface area contributed by atoms with Gasteiger partial charge in [-0.25, -0.2) is 0 Å². The topological polar surface area (TPSA) is 99.5 Å². The molecule has 2 bridgehead atoms. The lowest BCUT2D eigenvalue weighted by Crippen LogP contribution is -2.53. The Hall–Kier alpha value is -3.07. The highest BCUT2D eigenvalue weighted by Crippen LogP contribution is 2.36. The predicted molar refractivity (Wildman–Crippen MR) is 145 cm³/mol. The zero-order valence-corrected chi connectivity index (χ0v) is 21.6. The predicted octanol–water partition coefficient (Wildman–Crippen LogP) is 2.85. The van der Waals surface area contributed by atoms with E-state index in [-0.39, 0.29) is 29.1 Å². The van der Waals surface area contributed by atoms with Crippen LogP contribution in [0.4, 0.5) is 0 Å². The minimum atomic E-state index is -0.460. The first-order valence-corrected chi connectivity index (χ1v) is 13.4. The molecule has 2 aliphatic rings. The summed E-state index contributed by atoms with van der Waals surface area (Å²) in [6.45, 7) is 5.76. The quantitative estimate of drug-likeness (QED) is 0.415. The molecule has 37 heavy (non-hydrogen) atoms. The fraction of sp³-hybridized carbons (Fsp3) is 0.483. The van der Waals surface area contributed by atoms with Crippen LogP contribution in [0.1, 0.15) is 61.5 Å². The third-order valence-corrected chi connectivity index (χ3v) is 7.78. The highest BCUT2D eigenvalue weighted by atomic mass is 16.3. The van der Waals surface area contributed by atoms with Gasteiger partial charge in [-0.3, -0.25) is 19.5 Å². The fourth-order valence-corrected chi connectivity index (χ4v) is 6.11. The molecule has 3 N–H and O–H groups in total. The molecule has 3 aromatic rings. The third kappa shape index (κ3) is 5.61. The number of benzene rings is 1. The normalized spacial score (nSPS) is 22.4. The summed E-state index contributed by atoms with van der Waals surface area (Å²) in [7, 11) is 0. The number of carbonyl (C=O) groups is 1. The summed E-state index contributed by atoms with van der Waals surface area (Å²) in [4.78, 5) is 33.1. The van der Waals surface area contributed by atoms with Gasteiger partial charge in [0.25, 0.3) is 11.5 Å². The number of carbonyl (C=O) groups excluding carboxylic acids is 1. The van der Waals surface area contributed by atoms with Crippen molar-refractivity contribution in [3.8, 4) is 0 Å². The van der Waals surface area contributed by atoms with Crippen molar-refractivity contribution in [3.63, 3.8) is 0 Å². The molecule has 2 saturated heterocycles. The lowest BCUT2D eigenvalue weighted by molar-refractivity contribution is 0.0502. The van der Waals surface area contributed by atoms with Crippen LogP contribution in [0.3, 0.4) is 0 Å². The van der Waals surface area contributed by atoms with Crippen LogP contribution < -0.4 is 16.2 Å². The Morgan fingerprint density at radius 2 is 1.89 bits per heavy atom. The largest absolute Gasteiger partial charge is 0.390 e. The van der Waals surface area contributed by atoms with E-state index in [0.29, 0.717) is 31.7 Å². The summed E-state index contributed by atoms with van der Waals surface area (Å²) < 4.78 is 1.71. The lowest BCUT2D eigenvalue weighted by Gasteiger charge is -2.40. The van der Waals surface area contributed by atoms with Gasteiger partial charge < -0.3 is 20.3 Å². The zero-order chi connectivity index (χ0) is 25.9. The van der Waals surface area contributed by atoms with Crippen LogP contribution in [0.15, 0.2) is 59.7 Å². The highest BCUT2D eigenvalue weighted by molar-refractivity contribution is 5.97. The number of piperidine rings is 1. The molecule has 8 nitrogen and oxygen atoms in total. The molecule has 196 valence electrons. The number of hydrogen-bond donors (Lipinski definition) is 3. The maximum atomic E-state index is 13.3. The Labute approximate surface area is 217 Å². The van der Waals surface area contributed by atoms with Crippen molar-refractivity contribution < 1.29 is 9.90 Å². The number of aliphatic hydroxyl groups is 1. The monoisotopic (exact) mass is 503 g/mol. The Balaban J connectivity index is 1.19. The second-order valence-electron chi connectivity index (χ2n) is 10.8. The molecular weight excluding hydrogens is 466 g/mol. The average molecular weight is 504 g/mol. The Morgan fingerprint density at radius 3 is 2.59 bits per heavy atom. The molecule has 3 unspecified atom stereocenters. The van der Waals surface area contributed by atoms with Crippen LogP contribution in [0.2, 0.25) is 0 Å².